The molecule has 2 rings (SSSR count). The molecule has 0 spiro atoms. The lowest BCUT2D eigenvalue weighted by molar-refractivity contribution is 0.950. The summed E-state index contributed by atoms with van der Waals surface area (Å²) in [4.78, 5) is 13.0. The topological polar surface area (TPSA) is 50.7 Å². The Morgan fingerprint density at radius 3 is 2.63 bits per heavy atom. The molecule has 5 heteroatoms. The van der Waals surface area contributed by atoms with E-state index in [2.05, 4.69) is 20.3 Å². The Morgan fingerprint density at radius 1 is 1.16 bits per heavy atom. The molecule has 0 aliphatic carbocycles. The zero-order valence-electron chi connectivity index (χ0n) is 11.4. The Hall–Kier alpha value is -1.68. The van der Waals surface area contributed by atoms with Crippen molar-refractivity contribution >= 4 is 17.4 Å². The third-order valence-electron chi connectivity index (χ3n) is 2.80. The van der Waals surface area contributed by atoms with E-state index in [1.807, 2.05) is 39.0 Å². The van der Waals surface area contributed by atoms with E-state index in [9.17, 15) is 0 Å². The number of halogens is 1. The predicted molar refractivity (Wildman–Crippen MR) is 77.5 cm³/mol. The molecular weight excluding hydrogens is 260 g/mol. The number of aryl methyl sites for hydroxylation is 2. The lowest BCUT2D eigenvalue weighted by Crippen LogP contribution is -2.08. The van der Waals surface area contributed by atoms with Gasteiger partial charge in [-0.3, -0.25) is 4.98 Å². The molecule has 0 fully saturated rings. The highest BCUT2D eigenvalue weighted by Gasteiger charge is 2.09. The zero-order chi connectivity index (χ0) is 13.8. The highest BCUT2D eigenvalue weighted by molar-refractivity contribution is 6.30. The maximum absolute atomic E-state index is 6.14. The minimum Gasteiger partial charge on any atom is -0.364 e. The molecular formula is C14H17ClN4. The molecule has 2 heterocycles. The molecule has 0 radical (unpaired) electrons. The molecule has 4 nitrogen and oxygen atoms in total. The molecule has 0 atom stereocenters. The van der Waals surface area contributed by atoms with Crippen LogP contribution >= 0.6 is 11.6 Å². The summed E-state index contributed by atoms with van der Waals surface area (Å²) < 4.78 is 0. The van der Waals surface area contributed by atoms with E-state index in [0.29, 0.717) is 17.5 Å². The number of pyridine rings is 1. The van der Waals surface area contributed by atoms with Crippen molar-refractivity contribution in [1.82, 2.24) is 15.0 Å². The van der Waals surface area contributed by atoms with Gasteiger partial charge in [0.05, 0.1) is 12.2 Å². The van der Waals surface area contributed by atoms with E-state index in [1.54, 1.807) is 0 Å². The summed E-state index contributed by atoms with van der Waals surface area (Å²) >= 11 is 6.14. The average molecular weight is 277 g/mol. The van der Waals surface area contributed by atoms with Gasteiger partial charge in [0.25, 0.3) is 0 Å². The summed E-state index contributed by atoms with van der Waals surface area (Å²) in [7, 11) is 0. The van der Waals surface area contributed by atoms with E-state index in [0.717, 1.165) is 29.2 Å². The Kier molecular flexibility index (Phi) is 4.32. The average Bonchev–Trinajstić information content (AvgIpc) is 2.36. The summed E-state index contributed by atoms with van der Waals surface area (Å²) in [5.41, 5.74) is 2.93. The van der Waals surface area contributed by atoms with Crippen molar-refractivity contribution in [2.24, 2.45) is 0 Å². The van der Waals surface area contributed by atoms with Crippen molar-refractivity contribution in [3.05, 3.63) is 46.1 Å². The molecule has 0 aromatic carbocycles. The molecule has 2 aromatic heterocycles. The van der Waals surface area contributed by atoms with Crippen LogP contribution in [0.25, 0.3) is 0 Å². The molecule has 0 saturated carbocycles. The van der Waals surface area contributed by atoms with Crippen LogP contribution in [-0.4, -0.2) is 15.0 Å². The van der Waals surface area contributed by atoms with Gasteiger partial charge in [0, 0.05) is 11.3 Å². The van der Waals surface area contributed by atoms with Crippen molar-refractivity contribution in [3.8, 4) is 0 Å². The van der Waals surface area contributed by atoms with E-state index < -0.39 is 0 Å². The van der Waals surface area contributed by atoms with E-state index >= 15 is 0 Å². The predicted octanol–water partition coefficient (Wildman–Crippen LogP) is 3.32. The van der Waals surface area contributed by atoms with Gasteiger partial charge in [0.2, 0.25) is 0 Å². The molecule has 0 unspecified atom stereocenters. The van der Waals surface area contributed by atoms with Gasteiger partial charge >= 0.3 is 0 Å². The molecule has 0 aliphatic rings. The maximum atomic E-state index is 6.14. The van der Waals surface area contributed by atoms with E-state index in [-0.39, 0.29) is 0 Å². The van der Waals surface area contributed by atoms with Gasteiger partial charge in [-0.05, 0) is 32.4 Å². The third kappa shape index (κ3) is 3.41. The number of rotatable bonds is 4. The van der Waals surface area contributed by atoms with Gasteiger partial charge < -0.3 is 5.32 Å². The molecule has 100 valence electrons. The van der Waals surface area contributed by atoms with E-state index in [4.69, 9.17) is 11.6 Å². The second kappa shape index (κ2) is 5.97. The fourth-order valence-corrected chi connectivity index (χ4v) is 2.24. The summed E-state index contributed by atoms with van der Waals surface area (Å²) in [6, 6.07) is 5.96. The van der Waals surface area contributed by atoms with Crippen LogP contribution in [0.4, 0.5) is 5.82 Å². The number of nitrogens with one attached hydrogen (secondary N) is 1. The lowest BCUT2D eigenvalue weighted by atomic mass is 10.2. The Balaban J connectivity index is 2.19. The van der Waals surface area contributed by atoms with Gasteiger partial charge in [-0.1, -0.05) is 24.6 Å². The van der Waals surface area contributed by atoms with Crippen molar-refractivity contribution in [1.29, 1.82) is 0 Å². The largest absolute Gasteiger partial charge is 0.364 e. The summed E-state index contributed by atoms with van der Waals surface area (Å²) in [5, 5.41) is 3.81. The maximum Gasteiger partial charge on any atom is 0.138 e. The van der Waals surface area contributed by atoms with Crippen LogP contribution in [0.2, 0.25) is 5.15 Å². The van der Waals surface area contributed by atoms with Gasteiger partial charge in [0.15, 0.2) is 0 Å². The highest BCUT2D eigenvalue weighted by Crippen LogP contribution is 2.22. The number of hydrogen-bond donors (Lipinski definition) is 1. The van der Waals surface area contributed by atoms with E-state index in [1.165, 1.54) is 0 Å². The quantitative estimate of drug-likeness (QED) is 0.871. The second-order valence-corrected chi connectivity index (χ2v) is 4.72. The van der Waals surface area contributed by atoms with Crippen molar-refractivity contribution in [2.45, 2.75) is 33.7 Å². The minimum atomic E-state index is 0.523. The summed E-state index contributed by atoms with van der Waals surface area (Å²) in [5.74, 6) is 1.46. The smallest absolute Gasteiger partial charge is 0.138 e. The van der Waals surface area contributed by atoms with Crippen LogP contribution in [0, 0.1) is 13.8 Å². The standard InChI is InChI=1S/C14H17ClN4/c1-4-12-13(15)18-10(3)19-14(12)16-8-11-7-5-6-9(2)17-11/h5-7H,4,8H2,1-3H3,(H,16,18,19). The molecule has 19 heavy (non-hydrogen) atoms. The molecule has 0 amide bonds. The van der Waals surface area contributed by atoms with Gasteiger partial charge in [-0.2, -0.15) is 0 Å². The molecule has 1 N–H and O–H groups in total. The lowest BCUT2D eigenvalue weighted by Gasteiger charge is -2.11. The molecule has 0 aliphatic heterocycles. The highest BCUT2D eigenvalue weighted by atomic mass is 35.5. The van der Waals surface area contributed by atoms with Crippen molar-refractivity contribution < 1.29 is 0 Å². The number of aromatic nitrogens is 3. The molecule has 0 saturated heterocycles. The normalized spacial score (nSPS) is 10.5. The SMILES string of the molecule is CCc1c(Cl)nc(C)nc1NCc1cccc(C)n1. The third-order valence-corrected chi connectivity index (χ3v) is 3.12. The second-order valence-electron chi connectivity index (χ2n) is 4.37. The minimum absolute atomic E-state index is 0.523. The number of anilines is 1. The first kappa shape index (κ1) is 13.7. The molecule has 0 bridgehead atoms. The van der Waals surface area contributed by atoms with Crippen LogP contribution in [0.3, 0.4) is 0 Å². The van der Waals surface area contributed by atoms with Crippen LogP contribution in [0.1, 0.15) is 29.7 Å². The summed E-state index contributed by atoms with van der Waals surface area (Å²) in [6.07, 6.45) is 0.794. The van der Waals surface area contributed by atoms with Crippen LogP contribution in [0.15, 0.2) is 18.2 Å². The Morgan fingerprint density at radius 2 is 1.95 bits per heavy atom. The van der Waals surface area contributed by atoms with Gasteiger partial charge in [-0.25, -0.2) is 9.97 Å². The number of hydrogen-bond acceptors (Lipinski definition) is 4. The first-order chi connectivity index (χ1) is 9.10. The first-order valence-corrected chi connectivity index (χ1v) is 6.67. The van der Waals surface area contributed by atoms with Crippen molar-refractivity contribution in [2.75, 3.05) is 5.32 Å². The van der Waals surface area contributed by atoms with Crippen molar-refractivity contribution in [3.63, 3.8) is 0 Å². The van der Waals surface area contributed by atoms with Crippen LogP contribution < -0.4 is 5.32 Å². The first-order valence-electron chi connectivity index (χ1n) is 6.29. The number of nitrogens with zero attached hydrogens (tertiary/aromatic N) is 3. The van der Waals surface area contributed by atoms with Gasteiger partial charge in [-0.15, -0.1) is 0 Å². The Labute approximate surface area is 118 Å². The monoisotopic (exact) mass is 276 g/mol. The summed E-state index contributed by atoms with van der Waals surface area (Å²) in [6.45, 7) is 6.48. The zero-order valence-corrected chi connectivity index (χ0v) is 12.1. The van der Waals surface area contributed by atoms with Crippen LogP contribution in [0.5, 0.6) is 0 Å². The molecule has 2 aromatic rings. The fraction of sp³-hybridized carbons (Fsp3) is 0.357. The Bertz CT molecular complexity index is 584. The van der Waals surface area contributed by atoms with Crippen LogP contribution in [-0.2, 0) is 13.0 Å². The fourth-order valence-electron chi connectivity index (χ4n) is 1.89. The van der Waals surface area contributed by atoms with Gasteiger partial charge in [0.1, 0.15) is 16.8 Å².